The van der Waals surface area contributed by atoms with Crippen LogP contribution in [-0.2, 0) is 6.54 Å². The fraction of sp³-hybridized carbons (Fsp3) is 0.389. The standard InChI is InChI=1S/C18H25N7/c1-13(2)25-12-22-15-16(21-11-14-7-4-3-5-8-14)23-18(24-17(15)25)20-10-6-9-19/h3-5,7-8,12-13H,6,9-11,19H2,1-2H3,(H2,20,21,23,24). The highest BCUT2D eigenvalue weighted by atomic mass is 15.2. The van der Waals surface area contributed by atoms with Crippen LogP contribution in [0.25, 0.3) is 11.2 Å². The van der Waals surface area contributed by atoms with E-state index in [-0.39, 0.29) is 6.04 Å². The average molecular weight is 339 g/mol. The van der Waals surface area contributed by atoms with Crippen molar-refractivity contribution in [2.75, 3.05) is 23.7 Å². The molecule has 0 saturated heterocycles. The summed E-state index contributed by atoms with van der Waals surface area (Å²) >= 11 is 0. The molecule has 7 nitrogen and oxygen atoms in total. The first-order chi connectivity index (χ1) is 12.2. The number of nitrogens with zero attached hydrogens (tertiary/aromatic N) is 4. The molecule has 0 aliphatic carbocycles. The molecule has 0 fully saturated rings. The molecule has 0 radical (unpaired) electrons. The molecule has 0 bridgehead atoms. The van der Waals surface area contributed by atoms with Gasteiger partial charge in [0.05, 0.1) is 6.33 Å². The fourth-order valence-corrected chi connectivity index (χ4v) is 2.58. The molecule has 0 aliphatic rings. The third-order valence-electron chi connectivity index (χ3n) is 3.94. The second-order valence-electron chi connectivity index (χ2n) is 6.22. The second-order valence-corrected chi connectivity index (χ2v) is 6.22. The van der Waals surface area contributed by atoms with Gasteiger partial charge in [0.2, 0.25) is 5.95 Å². The Morgan fingerprint density at radius 3 is 2.64 bits per heavy atom. The molecule has 4 N–H and O–H groups in total. The minimum absolute atomic E-state index is 0.277. The number of aromatic nitrogens is 4. The van der Waals surface area contributed by atoms with Crippen molar-refractivity contribution < 1.29 is 0 Å². The van der Waals surface area contributed by atoms with Gasteiger partial charge in [0.1, 0.15) is 0 Å². The van der Waals surface area contributed by atoms with Crippen molar-refractivity contribution in [3.05, 3.63) is 42.2 Å². The summed E-state index contributed by atoms with van der Waals surface area (Å²) in [5, 5.41) is 6.64. The van der Waals surface area contributed by atoms with E-state index in [0.29, 0.717) is 19.0 Å². The maximum absolute atomic E-state index is 5.57. The largest absolute Gasteiger partial charge is 0.364 e. The SMILES string of the molecule is CC(C)n1cnc2c(NCc3ccccc3)nc(NCCCN)nc21. The molecule has 1 aromatic carbocycles. The number of nitrogens with one attached hydrogen (secondary N) is 2. The van der Waals surface area contributed by atoms with E-state index in [2.05, 4.69) is 56.1 Å². The van der Waals surface area contributed by atoms with E-state index in [9.17, 15) is 0 Å². The molecular formula is C18H25N7. The summed E-state index contributed by atoms with van der Waals surface area (Å²) in [5.41, 5.74) is 8.37. The van der Waals surface area contributed by atoms with Gasteiger partial charge < -0.3 is 20.9 Å². The summed E-state index contributed by atoms with van der Waals surface area (Å²) in [7, 11) is 0. The molecule has 0 spiro atoms. The van der Waals surface area contributed by atoms with Gasteiger partial charge in [-0.1, -0.05) is 30.3 Å². The molecule has 0 saturated carbocycles. The molecule has 132 valence electrons. The van der Waals surface area contributed by atoms with Crippen LogP contribution in [0.3, 0.4) is 0 Å². The van der Waals surface area contributed by atoms with Crippen molar-refractivity contribution in [3.63, 3.8) is 0 Å². The molecule has 2 aromatic heterocycles. The predicted molar refractivity (Wildman–Crippen MR) is 102 cm³/mol. The monoisotopic (exact) mass is 339 g/mol. The zero-order valence-corrected chi connectivity index (χ0v) is 14.7. The minimum Gasteiger partial charge on any atom is -0.364 e. The number of anilines is 2. The molecule has 0 amide bonds. The summed E-state index contributed by atoms with van der Waals surface area (Å²) in [6, 6.07) is 10.5. The number of hydrogen-bond donors (Lipinski definition) is 3. The molecule has 3 rings (SSSR count). The van der Waals surface area contributed by atoms with Crippen molar-refractivity contribution in [3.8, 4) is 0 Å². The summed E-state index contributed by atoms with van der Waals surface area (Å²) in [5.74, 6) is 1.34. The first kappa shape index (κ1) is 17.2. The first-order valence-electron chi connectivity index (χ1n) is 8.65. The van der Waals surface area contributed by atoms with Crippen LogP contribution in [0.4, 0.5) is 11.8 Å². The Labute approximate surface area is 147 Å². The smallest absolute Gasteiger partial charge is 0.226 e. The highest BCUT2D eigenvalue weighted by Gasteiger charge is 2.14. The normalized spacial score (nSPS) is 11.2. The lowest BCUT2D eigenvalue weighted by molar-refractivity contribution is 0.613. The highest BCUT2D eigenvalue weighted by molar-refractivity contribution is 5.84. The van der Waals surface area contributed by atoms with Crippen molar-refractivity contribution >= 4 is 22.9 Å². The molecule has 25 heavy (non-hydrogen) atoms. The van der Waals surface area contributed by atoms with E-state index in [1.165, 1.54) is 5.56 Å². The number of fused-ring (bicyclic) bond motifs is 1. The highest BCUT2D eigenvalue weighted by Crippen LogP contribution is 2.23. The van der Waals surface area contributed by atoms with Gasteiger partial charge in [-0.05, 0) is 32.4 Å². The van der Waals surface area contributed by atoms with E-state index in [1.54, 1.807) is 0 Å². The Morgan fingerprint density at radius 2 is 1.92 bits per heavy atom. The number of benzene rings is 1. The van der Waals surface area contributed by atoms with Crippen LogP contribution in [0, 0.1) is 0 Å². The van der Waals surface area contributed by atoms with Crippen LogP contribution in [-0.4, -0.2) is 32.6 Å². The summed E-state index contributed by atoms with van der Waals surface area (Å²) in [6.07, 6.45) is 2.69. The summed E-state index contributed by atoms with van der Waals surface area (Å²) in [4.78, 5) is 13.8. The van der Waals surface area contributed by atoms with Crippen LogP contribution < -0.4 is 16.4 Å². The predicted octanol–water partition coefficient (Wildman–Crippen LogP) is 2.78. The number of rotatable bonds is 8. The van der Waals surface area contributed by atoms with Crippen LogP contribution in [0.2, 0.25) is 0 Å². The molecule has 0 unspecified atom stereocenters. The minimum atomic E-state index is 0.277. The van der Waals surface area contributed by atoms with Gasteiger partial charge in [-0.25, -0.2) is 4.98 Å². The van der Waals surface area contributed by atoms with E-state index in [0.717, 1.165) is 29.9 Å². The first-order valence-corrected chi connectivity index (χ1v) is 8.65. The number of imidazole rings is 1. The van der Waals surface area contributed by atoms with Gasteiger partial charge >= 0.3 is 0 Å². The maximum atomic E-state index is 5.57. The van der Waals surface area contributed by atoms with Gasteiger partial charge in [0.15, 0.2) is 17.0 Å². The molecular weight excluding hydrogens is 314 g/mol. The van der Waals surface area contributed by atoms with Crippen molar-refractivity contribution in [2.24, 2.45) is 5.73 Å². The molecule has 2 heterocycles. The number of hydrogen-bond acceptors (Lipinski definition) is 6. The second kappa shape index (κ2) is 7.94. The Bertz CT molecular complexity index is 811. The Hall–Kier alpha value is -2.67. The average Bonchev–Trinajstić information content (AvgIpc) is 3.05. The van der Waals surface area contributed by atoms with Gasteiger partial charge in [0.25, 0.3) is 0 Å². The fourth-order valence-electron chi connectivity index (χ4n) is 2.58. The summed E-state index contributed by atoms with van der Waals surface area (Å²) < 4.78 is 2.05. The zero-order chi connectivity index (χ0) is 17.6. The Morgan fingerprint density at radius 1 is 1.12 bits per heavy atom. The van der Waals surface area contributed by atoms with E-state index >= 15 is 0 Å². The van der Waals surface area contributed by atoms with E-state index < -0.39 is 0 Å². The number of nitrogens with two attached hydrogens (primary N) is 1. The topological polar surface area (TPSA) is 93.7 Å². The van der Waals surface area contributed by atoms with Gasteiger partial charge in [-0.15, -0.1) is 0 Å². The van der Waals surface area contributed by atoms with Gasteiger partial charge in [-0.3, -0.25) is 0 Å². The Kier molecular flexibility index (Phi) is 5.45. The van der Waals surface area contributed by atoms with Gasteiger partial charge in [-0.2, -0.15) is 9.97 Å². The van der Waals surface area contributed by atoms with Crippen LogP contribution >= 0.6 is 0 Å². The molecule has 0 aliphatic heterocycles. The van der Waals surface area contributed by atoms with E-state index in [1.807, 2.05) is 24.5 Å². The Balaban J connectivity index is 1.91. The third kappa shape index (κ3) is 4.06. The molecule has 0 atom stereocenters. The van der Waals surface area contributed by atoms with Gasteiger partial charge in [0, 0.05) is 19.1 Å². The third-order valence-corrected chi connectivity index (χ3v) is 3.94. The quantitative estimate of drug-likeness (QED) is 0.546. The summed E-state index contributed by atoms with van der Waals surface area (Å²) in [6.45, 7) is 6.29. The molecule has 7 heteroatoms. The zero-order valence-electron chi connectivity index (χ0n) is 14.7. The van der Waals surface area contributed by atoms with Crippen LogP contribution in [0.15, 0.2) is 36.7 Å². The van der Waals surface area contributed by atoms with Crippen LogP contribution in [0.5, 0.6) is 0 Å². The van der Waals surface area contributed by atoms with E-state index in [4.69, 9.17) is 5.73 Å². The lowest BCUT2D eigenvalue weighted by atomic mass is 10.2. The van der Waals surface area contributed by atoms with Crippen molar-refractivity contribution in [1.82, 2.24) is 19.5 Å². The molecule has 3 aromatic rings. The van der Waals surface area contributed by atoms with Crippen LogP contribution in [0.1, 0.15) is 31.9 Å². The lowest BCUT2D eigenvalue weighted by Gasteiger charge is -2.12. The lowest BCUT2D eigenvalue weighted by Crippen LogP contribution is -2.12. The van der Waals surface area contributed by atoms with Crippen molar-refractivity contribution in [1.29, 1.82) is 0 Å². The van der Waals surface area contributed by atoms with Crippen molar-refractivity contribution in [2.45, 2.75) is 32.9 Å². The maximum Gasteiger partial charge on any atom is 0.226 e.